The number of fused-ring (bicyclic) bond motifs is 1. The third kappa shape index (κ3) is 3.12. The molecule has 0 aliphatic heterocycles. The van der Waals surface area contributed by atoms with Crippen molar-refractivity contribution in [3.63, 3.8) is 0 Å². The lowest BCUT2D eigenvalue weighted by Gasteiger charge is -2.24. The second-order valence-electron chi connectivity index (χ2n) is 6.22. The van der Waals surface area contributed by atoms with Crippen LogP contribution in [-0.4, -0.2) is 18.0 Å². The Bertz CT molecular complexity index is 882. The highest BCUT2D eigenvalue weighted by molar-refractivity contribution is 7.18. The molecule has 3 aromatic rings. The molecule has 2 aromatic carbocycles. The minimum Gasteiger partial charge on any atom is -0.497 e. The van der Waals surface area contributed by atoms with E-state index in [0.29, 0.717) is 0 Å². The van der Waals surface area contributed by atoms with Crippen LogP contribution in [0.5, 0.6) is 5.75 Å². The van der Waals surface area contributed by atoms with Gasteiger partial charge in [-0.2, -0.15) is 0 Å². The number of anilines is 1. The number of aryl methyl sites for hydroxylation is 1. The van der Waals surface area contributed by atoms with E-state index in [4.69, 9.17) is 4.74 Å². The van der Waals surface area contributed by atoms with E-state index in [9.17, 15) is 4.79 Å². The minimum atomic E-state index is -0.654. The average molecular weight is 340 g/mol. The second kappa shape index (κ2) is 6.24. The number of carbonyl (C=O) groups excluding carboxylic acids is 1. The molecule has 0 spiro atoms. The van der Waals surface area contributed by atoms with Crippen LogP contribution in [0.1, 0.15) is 24.4 Å². The quantitative estimate of drug-likeness (QED) is 0.759. The average Bonchev–Trinajstić information content (AvgIpc) is 2.94. The van der Waals surface area contributed by atoms with Crippen LogP contribution < -0.4 is 10.1 Å². The van der Waals surface area contributed by atoms with Crippen LogP contribution in [0.25, 0.3) is 10.2 Å². The van der Waals surface area contributed by atoms with Gasteiger partial charge in [-0.05, 0) is 56.7 Å². The van der Waals surface area contributed by atoms with Crippen LogP contribution in [-0.2, 0) is 10.2 Å². The van der Waals surface area contributed by atoms with Gasteiger partial charge in [0, 0.05) is 5.69 Å². The number of hydrogen-bond donors (Lipinski definition) is 1. The molecule has 0 aliphatic carbocycles. The van der Waals surface area contributed by atoms with Gasteiger partial charge in [-0.1, -0.05) is 12.1 Å². The zero-order valence-corrected chi connectivity index (χ0v) is 15.0. The van der Waals surface area contributed by atoms with Gasteiger partial charge in [0.15, 0.2) is 0 Å². The summed E-state index contributed by atoms with van der Waals surface area (Å²) in [5.41, 5.74) is 1.96. The Labute approximate surface area is 145 Å². The molecular formula is C19H20N2O2S. The monoisotopic (exact) mass is 340 g/mol. The van der Waals surface area contributed by atoms with Crippen LogP contribution in [0.4, 0.5) is 5.69 Å². The van der Waals surface area contributed by atoms with E-state index in [1.54, 1.807) is 18.4 Å². The van der Waals surface area contributed by atoms with Crippen LogP contribution in [0, 0.1) is 6.92 Å². The number of carbonyl (C=O) groups is 1. The molecule has 0 aliphatic rings. The summed E-state index contributed by atoms with van der Waals surface area (Å²) < 4.78 is 6.30. The number of thiazole rings is 1. The second-order valence-corrected chi connectivity index (χ2v) is 7.46. The first kappa shape index (κ1) is 16.5. The Hall–Kier alpha value is -2.40. The van der Waals surface area contributed by atoms with Crippen molar-refractivity contribution >= 4 is 33.1 Å². The molecule has 0 fully saturated rings. The highest BCUT2D eigenvalue weighted by Crippen LogP contribution is 2.29. The first-order valence-corrected chi connectivity index (χ1v) is 8.55. The molecule has 0 bridgehead atoms. The summed E-state index contributed by atoms with van der Waals surface area (Å²) in [7, 11) is 1.63. The lowest BCUT2D eigenvalue weighted by atomic mass is 9.83. The summed E-state index contributed by atoms with van der Waals surface area (Å²) in [5.74, 6) is 0.721. The molecule has 0 atom stereocenters. The lowest BCUT2D eigenvalue weighted by Crippen LogP contribution is -2.34. The number of aromatic nitrogens is 1. The Morgan fingerprint density at radius 3 is 2.54 bits per heavy atom. The number of nitrogens with zero attached hydrogens (tertiary/aromatic N) is 1. The van der Waals surface area contributed by atoms with E-state index >= 15 is 0 Å². The number of nitrogens with one attached hydrogen (secondary N) is 1. The number of rotatable bonds is 4. The molecule has 4 nitrogen and oxygen atoms in total. The Morgan fingerprint density at radius 2 is 1.88 bits per heavy atom. The van der Waals surface area contributed by atoms with Gasteiger partial charge in [0.25, 0.3) is 0 Å². The standard InChI is InChI=1S/C19H20N2O2S/c1-12-20-16-11-14(7-10-17(16)24-12)21-18(22)19(2,3)13-5-8-15(23-4)9-6-13/h5-11H,1-4H3,(H,21,22). The topological polar surface area (TPSA) is 51.2 Å². The molecule has 124 valence electrons. The van der Waals surface area contributed by atoms with Crippen molar-refractivity contribution in [2.75, 3.05) is 12.4 Å². The Morgan fingerprint density at radius 1 is 1.17 bits per heavy atom. The van der Waals surface area contributed by atoms with Crippen LogP contribution in [0.3, 0.4) is 0 Å². The van der Waals surface area contributed by atoms with E-state index in [1.807, 2.05) is 63.2 Å². The van der Waals surface area contributed by atoms with Crippen molar-refractivity contribution in [2.24, 2.45) is 0 Å². The molecule has 5 heteroatoms. The van der Waals surface area contributed by atoms with Gasteiger partial charge in [0.1, 0.15) is 5.75 Å². The van der Waals surface area contributed by atoms with Gasteiger partial charge in [-0.3, -0.25) is 4.79 Å². The summed E-state index contributed by atoms with van der Waals surface area (Å²) >= 11 is 1.65. The van der Waals surface area contributed by atoms with E-state index in [0.717, 1.165) is 32.2 Å². The first-order chi connectivity index (χ1) is 11.4. The van der Waals surface area contributed by atoms with Crippen molar-refractivity contribution in [1.82, 2.24) is 4.98 Å². The fourth-order valence-corrected chi connectivity index (χ4v) is 3.35. The van der Waals surface area contributed by atoms with E-state index in [1.165, 1.54) is 0 Å². The molecule has 0 radical (unpaired) electrons. The van der Waals surface area contributed by atoms with Gasteiger partial charge in [0.2, 0.25) is 5.91 Å². The van der Waals surface area contributed by atoms with Gasteiger partial charge in [0.05, 0.1) is 27.7 Å². The maximum Gasteiger partial charge on any atom is 0.234 e. The van der Waals surface area contributed by atoms with Gasteiger partial charge in [-0.15, -0.1) is 11.3 Å². The third-order valence-electron chi connectivity index (χ3n) is 4.13. The minimum absolute atomic E-state index is 0.0565. The van der Waals surface area contributed by atoms with Gasteiger partial charge < -0.3 is 10.1 Å². The van der Waals surface area contributed by atoms with Crippen molar-refractivity contribution in [2.45, 2.75) is 26.2 Å². The molecule has 1 aromatic heterocycles. The number of ether oxygens (including phenoxy) is 1. The van der Waals surface area contributed by atoms with Crippen molar-refractivity contribution in [3.8, 4) is 5.75 Å². The zero-order chi connectivity index (χ0) is 17.3. The first-order valence-electron chi connectivity index (χ1n) is 7.73. The molecule has 3 rings (SSSR count). The maximum absolute atomic E-state index is 12.8. The summed E-state index contributed by atoms with van der Waals surface area (Å²) in [6.07, 6.45) is 0. The van der Waals surface area contributed by atoms with Crippen LogP contribution in [0.15, 0.2) is 42.5 Å². The summed E-state index contributed by atoms with van der Waals surface area (Å²) in [6.45, 7) is 5.81. The molecular weight excluding hydrogens is 320 g/mol. The molecule has 1 heterocycles. The van der Waals surface area contributed by atoms with Crippen LogP contribution >= 0.6 is 11.3 Å². The number of amides is 1. The fourth-order valence-electron chi connectivity index (χ4n) is 2.55. The highest BCUT2D eigenvalue weighted by atomic mass is 32.1. The Balaban J connectivity index is 1.82. The van der Waals surface area contributed by atoms with Crippen molar-refractivity contribution in [1.29, 1.82) is 0 Å². The van der Waals surface area contributed by atoms with Crippen molar-refractivity contribution < 1.29 is 9.53 Å². The molecule has 24 heavy (non-hydrogen) atoms. The van der Waals surface area contributed by atoms with E-state index in [2.05, 4.69) is 10.3 Å². The fraction of sp³-hybridized carbons (Fsp3) is 0.263. The van der Waals surface area contributed by atoms with E-state index in [-0.39, 0.29) is 5.91 Å². The number of methoxy groups -OCH3 is 1. The summed E-state index contributed by atoms with van der Waals surface area (Å²) in [4.78, 5) is 17.2. The summed E-state index contributed by atoms with van der Waals surface area (Å²) in [5, 5.41) is 4.03. The molecule has 0 unspecified atom stereocenters. The number of hydrogen-bond acceptors (Lipinski definition) is 4. The summed E-state index contributed by atoms with van der Waals surface area (Å²) in [6, 6.07) is 13.4. The molecule has 0 saturated carbocycles. The van der Waals surface area contributed by atoms with E-state index < -0.39 is 5.41 Å². The molecule has 0 saturated heterocycles. The largest absolute Gasteiger partial charge is 0.497 e. The Kier molecular flexibility index (Phi) is 4.28. The normalized spacial score (nSPS) is 11.5. The smallest absolute Gasteiger partial charge is 0.234 e. The predicted octanol–water partition coefficient (Wildman–Crippen LogP) is 4.53. The van der Waals surface area contributed by atoms with Gasteiger partial charge >= 0.3 is 0 Å². The molecule has 1 amide bonds. The van der Waals surface area contributed by atoms with Gasteiger partial charge in [-0.25, -0.2) is 4.98 Å². The van der Waals surface area contributed by atoms with Crippen molar-refractivity contribution in [3.05, 3.63) is 53.0 Å². The predicted molar refractivity (Wildman–Crippen MR) is 99.0 cm³/mol. The van der Waals surface area contributed by atoms with Crippen LogP contribution in [0.2, 0.25) is 0 Å². The zero-order valence-electron chi connectivity index (χ0n) is 14.2. The molecule has 1 N–H and O–H groups in total. The lowest BCUT2D eigenvalue weighted by molar-refractivity contribution is -0.120. The third-order valence-corrected chi connectivity index (χ3v) is 5.08. The maximum atomic E-state index is 12.8. The highest BCUT2D eigenvalue weighted by Gasteiger charge is 2.30. The SMILES string of the molecule is COc1ccc(C(C)(C)C(=O)Nc2ccc3sc(C)nc3c2)cc1. The number of benzene rings is 2.